The molecular formula is C23H36N4O2. The van der Waals surface area contributed by atoms with Gasteiger partial charge in [-0.05, 0) is 34.9 Å². The fraction of sp³-hybridized carbons (Fsp3) is 0.652. The summed E-state index contributed by atoms with van der Waals surface area (Å²) in [5, 5.41) is 3.53. The lowest BCUT2D eigenvalue weighted by molar-refractivity contribution is -0.127. The molecule has 0 aromatic heterocycles. The van der Waals surface area contributed by atoms with Crippen molar-refractivity contribution in [2.24, 2.45) is 10.9 Å². The summed E-state index contributed by atoms with van der Waals surface area (Å²) in [4.78, 5) is 20.6. The molecule has 0 spiro atoms. The molecule has 0 bridgehead atoms. The molecule has 1 atom stereocenters. The van der Waals surface area contributed by atoms with E-state index in [0.717, 1.165) is 51.6 Å². The highest BCUT2D eigenvalue weighted by Crippen LogP contribution is 2.27. The third-order valence-corrected chi connectivity index (χ3v) is 5.82. The number of amides is 1. The average Bonchev–Trinajstić information content (AvgIpc) is 3.19. The molecule has 0 aliphatic carbocycles. The SMILES string of the molecule is CN(C)C(=O)CN=C(NCC1CCOC1)N1CCc2ccc(C(C)(C)C)cc2C1. The van der Waals surface area contributed by atoms with E-state index in [-0.39, 0.29) is 17.9 Å². The second-order valence-electron chi connectivity index (χ2n) is 9.44. The molecule has 6 nitrogen and oxygen atoms in total. The van der Waals surface area contributed by atoms with Gasteiger partial charge in [0.1, 0.15) is 6.54 Å². The highest BCUT2D eigenvalue weighted by molar-refractivity contribution is 5.85. The van der Waals surface area contributed by atoms with Crippen molar-refractivity contribution in [1.82, 2.24) is 15.1 Å². The zero-order valence-electron chi connectivity index (χ0n) is 18.6. The summed E-state index contributed by atoms with van der Waals surface area (Å²) in [5.41, 5.74) is 4.27. The summed E-state index contributed by atoms with van der Waals surface area (Å²) in [5.74, 6) is 1.36. The first-order chi connectivity index (χ1) is 13.7. The third kappa shape index (κ3) is 5.72. The van der Waals surface area contributed by atoms with E-state index in [1.807, 2.05) is 0 Å². The predicted molar refractivity (Wildman–Crippen MR) is 117 cm³/mol. The Bertz CT molecular complexity index is 746. The monoisotopic (exact) mass is 400 g/mol. The number of benzene rings is 1. The van der Waals surface area contributed by atoms with Crippen LogP contribution < -0.4 is 5.32 Å². The highest BCUT2D eigenvalue weighted by atomic mass is 16.5. The maximum atomic E-state index is 12.1. The van der Waals surface area contributed by atoms with Gasteiger partial charge in [0.15, 0.2) is 5.96 Å². The molecule has 0 saturated carbocycles. The van der Waals surface area contributed by atoms with Crippen LogP contribution in [0, 0.1) is 5.92 Å². The van der Waals surface area contributed by atoms with Crippen molar-refractivity contribution < 1.29 is 9.53 Å². The molecule has 2 heterocycles. The number of hydrogen-bond acceptors (Lipinski definition) is 3. The average molecular weight is 401 g/mol. The third-order valence-electron chi connectivity index (χ3n) is 5.82. The molecule has 6 heteroatoms. The number of likely N-dealkylation sites (N-methyl/N-ethyl adjacent to an activating group) is 1. The number of aliphatic imine (C=N–C) groups is 1. The van der Waals surface area contributed by atoms with E-state index in [9.17, 15) is 4.79 Å². The van der Waals surface area contributed by atoms with Gasteiger partial charge in [-0.25, -0.2) is 4.99 Å². The molecule has 2 aliphatic heterocycles. The predicted octanol–water partition coefficient (Wildman–Crippen LogP) is 2.41. The van der Waals surface area contributed by atoms with Crippen molar-refractivity contribution in [3.63, 3.8) is 0 Å². The van der Waals surface area contributed by atoms with Crippen LogP contribution in [-0.4, -0.2) is 68.6 Å². The van der Waals surface area contributed by atoms with Gasteiger partial charge in [0.2, 0.25) is 5.91 Å². The number of carbonyl (C=O) groups excluding carboxylic acids is 1. The van der Waals surface area contributed by atoms with Crippen LogP contribution in [0.2, 0.25) is 0 Å². The summed E-state index contributed by atoms with van der Waals surface area (Å²) in [6.45, 7) is 11.1. The van der Waals surface area contributed by atoms with Gasteiger partial charge in [-0.2, -0.15) is 0 Å². The highest BCUT2D eigenvalue weighted by Gasteiger charge is 2.23. The molecule has 1 aromatic carbocycles. The second kappa shape index (κ2) is 9.16. The van der Waals surface area contributed by atoms with E-state index >= 15 is 0 Å². The molecule has 1 saturated heterocycles. The van der Waals surface area contributed by atoms with Gasteiger partial charge in [-0.3, -0.25) is 4.79 Å². The number of fused-ring (bicyclic) bond motifs is 1. The number of ether oxygens (including phenoxy) is 1. The molecule has 0 radical (unpaired) electrons. The van der Waals surface area contributed by atoms with Crippen LogP contribution in [0.15, 0.2) is 23.2 Å². The van der Waals surface area contributed by atoms with Gasteiger partial charge >= 0.3 is 0 Å². The molecule has 160 valence electrons. The van der Waals surface area contributed by atoms with Gasteiger partial charge in [0.05, 0.1) is 6.61 Å². The number of nitrogens with zero attached hydrogens (tertiary/aromatic N) is 3. The van der Waals surface area contributed by atoms with Crippen molar-refractivity contribution in [3.8, 4) is 0 Å². The Balaban J connectivity index is 1.76. The summed E-state index contributed by atoms with van der Waals surface area (Å²) >= 11 is 0. The lowest BCUT2D eigenvalue weighted by Crippen LogP contribution is -2.46. The van der Waals surface area contributed by atoms with E-state index in [0.29, 0.717) is 5.92 Å². The first-order valence-corrected chi connectivity index (χ1v) is 10.7. The van der Waals surface area contributed by atoms with Crippen LogP contribution in [-0.2, 0) is 27.9 Å². The molecule has 1 aromatic rings. The molecular weight excluding hydrogens is 364 g/mol. The summed E-state index contributed by atoms with van der Waals surface area (Å²) < 4.78 is 5.50. The quantitative estimate of drug-likeness (QED) is 0.623. The van der Waals surface area contributed by atoms with Crippen LogP contribution in [0.25, 0.3) is 0 Å². The Labute approximate surface area is 175 Å². The lowest BCUT2D eigenvalue weighted by Gasteiger charge is -2.33. The Morgan fingerprint density at radius 2 is 2.10 bits per heavy atom. The van der Waals surface area contributed by atoms with Crippen molar-refractivity contribution in [2.75, 3.05) is 46.9 Å². The molecule has 1 amide bonds. The van der Waals surface area contributed by atoms with Crippen molar-refractivity contribution in [1.29, 1.82) is 0 Å². The topological polar surface area (TPSA) is 57.2 Å². The van der Waals surface area contributed by atoms with Crippen LogP contribution in [0.3, 0.4) is 0 Å². The molecule has 1 unspecified atom stereocenters. The Morgan fingerprint density at radius 1 is 1.31 bits per heavy atom. The Morgan fingerprint density at radius 3 is 2.76 bits per heavy atom. The minimum absolute atomic E-state index is 0.0147. The minimum Gasteiger partial charge on any atom is -0.381 e. The standard InChI is InChI=1S/C23H36N4O2/c1-23(2,3)20-7-6-18-8-10-27(15-19(18)12-20)22(25-14-21(28)26(4)5)24-13-17-9-11-29-16-17/h6-7,12,17H,8-11,13-16H2,1-5H3,(H,24,25). The molecule has 2 aliphatic rings. The lowest BCUT2D eigenvalue weighted by atomic mass is 9.84. The van der Waals surface area contributed by atoms with E-state index in [1.54, 1.807) is 19.0 Å². The number of nitrogens with one attached hydrogen (secondary N) is 1. The van der Waals surface area contributed by atoms with Crippen molar-refractivity contribution in [3.05, 3.63) is 34.9 Å². The summed E-state index contributed by atoms with van der Waals surface area (Å²) in [6, 6.07) is 6.88. The maximum Gasteiger partial charge on any atom is 0.243 e. The van der Waals surface area contributed by atoms with Crippen LogP contribution in [0.5, 0.6) is 0 Å². The fourth-order valence-corrected chi connectivity index (χ4v) is 3.74. The molecule has 29 heavy (non-hydrogen) atoms. The van der Waals surface area contributed by atoms with Gasteiger partial charge in [-0.1, -0.05) is 39.0 Å². The Kier molecular flexibility index (Phi) is 6.83. The molecule has 3 rings (SSSR count). The summed E-state index contributed by atoms with van der Waals surface area (Å²) in [6.07, 6.45) is 2.07. The number of rotatable bonds is 4. The van der Waals surface area contributed by atoms with Crippen molar-refractivity contribution in [2.45, 2.75) is 45.6 Å². The first-order valence-electron chi connectivity index (χ1n) is 10.7. The summed E-state index contributed by atoms with van der Waals surface area (Å²) in [7, 11) is 3.54. The molecule has 1 N–H and O–H groups in total. The number of hydrogen-bond donors (Lipinski definition) is 1. The zero-order chi connectivity index (χ0) is 21.0. The number of carbonyl (C=O) groups is 1. The number of guanidine groups is 1. The second-order valence-corrected chi connectivity index (χ2v) is 9.44. The van der Waals surface area contributed by atoms with Crippen molar-refractivity contribution >= 4 is 11.9 Å². The van der Waals surface area contributed by atoms with E-state index in [2.05, 4.69) is 54.2 Å². The van der Waals surface area contributed by atoms with E-state index < -0.39 is 0 Å². The van der Waals surface area contributed by atoms with E-state index in [1.165, 1.54) is 16.7 Å². The molecule has 1 fully saturated rings. The van der Waals surface area contributed by atoms with Gasteiger partial charge in [-0.15, -0.1) is 0 Å². The van der Waals surface area contributed by atoms with Gasteiger partial charge in [0.25, 0.3) is 0 Å². The van der Waals surface area contributed by atoms with Gasteiger partial charge < -0.3 is 19.9 Å². The van der Waals surface area contributed by atoms with Gasteiger partial charge in [0, 0.05) is 46.3 Å². The van der Waals surface area contributed by atoms with E-state index in [4.69, 9.17) is 4.74 Å². The van der Waals surface area contributed by atoms with Crippen LogP contribution in [0.1, 0.15) is 43.9 Å². The minimum atomic E-state index is 0.0147. The maximum absolute atomic E-state index is 12.1. The largest absolute Gasteiger partial charge is 0.381 e. The Hall–Kier alpha value is -2.08. The normalized spacial score (nSPS) is 19.8. The fourth-order valence-electron chi connectivity index (χ4n) is 3.74. The van der Waals surface area contributed by atoms with Crippen LogP contribution >= 0.6 is 0 Å². The first kappa shape index (κ1) is 21.6. The zero-order valence-corrected chi connectivity index (χ0v) is 18.6. The van der Waals surface area contributed by atoms with Crippen LogP contribution in [0.4, 0.5) is 0 Å². The smallest absolute Gasteiger partial charge is 0.243 e.